The van der Waals surface area contributed by atoms with Crippen LogP contribution in [0.3, 0.4) is 0 Å². The number of carbonyl (C=O) groups is 2. The third-order valence-corrected chi connectivity index (χ3v) is 4.46. The van der Waals surface area contributed by atoms with E-state index >= 15 is 0 Å². The molecule has 4 nitrogen and oxygen atoms in total. The van der Waals surface area contributed by atoms with Crippen molar-refractivity contribution in [2.45, 2.75) is 18.9 Å². The summed E-state index contributed by atoms with van der Waals surface area (Å²) in [4.78, 5) is 25.2. The van der Waals surface area contributed by atoms with Gasteiger partial charge in [0.05, 0.1) is 5.69 Å². The van der Waals surface area contributed by atoms with Crippen molar-refractivity contribution in [1.29, 1.82) is 0 Å². The molecule has 0 radical (unpaired) electrons. The zero-order chi connectivity index (χ0) is 21.7. The number of benzene rings is 3. The van der Waals surface area contributed by atoms with Gasteiger partial charge in [0.2, 0.25) is 0 Å². The van der Waals surface area contributed by atoms with Crippen LogP contribution < -0.4 is 5.32 Å². The smallest absolute Gasteiger partial charge is 0.318 e. The largest absolute Gasteiger partial charge is 0.452 e. The van der Waals surface area contributed by atoms with E-state index in [1.807, 2.05) is 12.1 Å². The Kier molecular flexibility index (Phi) is 6.51. The maximum Gasteiger partial charge on any atom is 0.318 e. The van der Waals surface area contributed by atoms with Crippen LogP contribution in [0.1, 0.15) is 24.0 Å². The van der Waals surface area contributed by atoms with Gasteiger partial charge in [0.1, 0.15) is 5.92 Å². The first kappa shape index (κ1) is 21.1. The van der Waals surface area contributed by atoms with E-state index in [9.17, 15) is 22.8 Å². The zero-order valence-electron chi connectivity index (χ0n) is 15.9. The third-order valence-electron chi connectivity index (χ3n) is 4.46. The molecule has 7 heteroatoms. The van der Waals surface area contributed by atoms with Crippen LogP contribution in [0.25, 0.3) is 0 Å². The summed E-state index contributed by atoms with van der Waals surface area (Å²) >= 11 is 0. The van der Waals surface area contributed by atoms with Gasteiger partial charge in [-0.05, 0) is 30.2 Å². The maximum absolute atomic E-state index is 13.8. The van der Waals surface area contributed by atoms with Crippen molar-refractivity contribution in [3.05, 3.63) is 101 Å². The molecule has 1 atom stereocenters. The Labute approximate surface area is 171 Å². The summed E-state index contributed by atoms with van der Waals surface area (Å²) in [6.07, 6.45) is -1.31. The highest BCUT2D eigenvalue weighted by atomic mass is 19.2. The fourth-order valence-electron chi connectivity index (χ4n) is 2.91. The number of amides is 1. The molecule has 0 aliphatic rings. The molecule has 0 spiro atoms. The predicted octanol–water partition coefficient (Wildman–Crippen LogP) is 4.81. The number of hydrogen-bond acceptors (Lipinski definition) is 3. The molecule has 154 valence electrons. The summed E-state index contributed by atoms with van der Waals surface area (Å²) < 4.78 is 45.5. The standard InChI is InChI=1S/C23H18F3NO3/c1-14(22(28)27-18-13-12-17(24)20(25)21(18)26)30-23(29)19(15-8-4-2-5-9-15)16-10-6-3-7-11-16/h2-14,19H,1H3,(H,27,28). The molecule has 3 aromatic carbocycles. The van der Waals surface area contributed by atoms with Gasteiger partial charge in [-0.1, -0.05) is 60.7 Å². The van der Waals surface area contributed by atoms with E-state index in [1.54, 1.807) is 48.5 Å². The average molecular weight is 413 g/mol. The fraction of sp³-hybridized carbons (Fsp3) is 0.130. The van der Waals surface area contributed by atoms with Crippen molar-refractivity contribution in [3.8, 4) is 0 Å². The minimum absolute atomic E-state index is 0.551. The average Bonchev–Trinajstić information content (AvgIpc) is 2.75. The van der Waals surface area contributed by atoms with E-state index in [1.165, 1.54) is 6.92 Å². The van der Waals surface area contributed by atoms with Crippen LogP contribution in [0.5, 0.6) is 0 Å². The Bertz CT molecular complexity index is 1000. The Balaban J connectivity index is 1.77. The number of nitrogens with one attached hydrogen (secondary N) is 1. The molecular weight excluding hydrogens is 395 g/mol. The molecule has 0 aliphatic heterocycles. The van der Waals surface area contributed by atoms with Crippen molar-refractivity contribution in [2.24, 2.45) is 0 Å². The van der Waals surface area contributed by atoms with E-state index in [0.29, 0.717) is 17.2 Å². The second-order valence-electron chi connectivity index (χ2n) is 6.55. The molecule has 0 aliphatic carbocycles. The molecule has 0 bridgehead atoms. The third kappa shape index (κ3) is 4.68. The van der Waals surface area contributed by atoms with Crippen molar-refractivity contribution < 1.29 is 27.5 Å². The van der Waals surface area contributed by atoms with Gasteiger partial charge in [-0.25, -0.2) is 13.2 Å². The van der Waals surface area contributed by atoms with Crippen molar-refractivity contribution in [3.63, 3.8) is 0 Å². The van der Waals surface area contributed by atoms with Crippen LogP contribution in [0.4, 0.5) is 18.9 Å². The summed E-state index contributed by atoms with van der Waals surface area (Å²) in [6, 6.07) is 19.4. The van der Waals surface area contributed by atoms with E-state index < -0.39 is 47.0 Å². The highest BCUT2D eigenvalue weighted by molar-refractivity contribution is 5.96. The Morgan fingerprint density at radius 1 is 0.800 bits per heavy atom. The second kappa shape index (κ2) is 9.26. The second-order valence-corrected chi connectivity index (χ2v) is 6.55. The zero-order valence-corrected chi connectivity index (χ0v) is 15.9. The molecule has 3 aromatic rings. The van der Waals surface area contributed by atoms with Crippen molar-refractivity contribution >= 4 is 17.6 Å². The van der Waals surface area contributed by atoms with Gasteiger partial charge in [-0.15, -0.1) is 0 Å². The van der Waals surface area contributed by atoms with Crippen LogP contribution in [0.2, 0.25) is 0 Å². The lowest BCUT2D eigenvalue weighted by Gasteiger charge is -2.20. The van der Waals surface area contributed by atoms with Crippen molar-refractivity contribution in [2.75, 3.05) is 5.32 Å². The van der Waals surface area contributed by atoms with E-state index in [-0.39, 0.29) is 0 Å². The lowest BCUT2D eigenvalue weighted by Crippen LogP contribution is -2.32. The van der Waals surface area contributed by atoms with Crippen LogP contribution in [-0.2, 0) is 14.3 Å². The van der Waals surface area contributed by atoms with E-state index in [0.717, 1.165) is 6.07 Å². The molecular formula is C23H18F3NO3. The molecule has 30 heavy (non-hydrogen) atoms. The minimum atomic E-state index is -1.70. The van der Waals surface area contributed by atoms with Gasteiger partial charge in [0.15, 0.2) is 23.6 Å². The molecule has 0 aromatic heterocycles. The molecule has 1 amide bonds. The highest BCUT2D eigenvalue weighted by Crippen LogP contribution is 2.27. The SMILES string of the molecule is CC(OC(=O)C(c1ccccc1)c1ccccc1)C(=O)Nc1ccc(F)c(F)c1F. The number of halogens is 3. The number of anilines is 1. The van der Waals surface area contributed by atoms with Gasteiger partial charge in [-0.3, -0.25) is 9.59 Å². The molecule has 0 saturated carbocycles. The molecule has 0 heterocycles. The fourth-order valence-corrected chi connectivity index (χ4v) is 2.91. The summed E-state index contributed by atoms with van der Waals surface area (Å²) in [5, 5.41) is 2.10. The number of hydrogen-bond donors (Lipinski definition) is 1. The topological polar surface area (TPSA) is 55.4 Å². The maximum atomic E-state index is 13.8. The minimum Gasteiger partial charge on any atom is -0.452 e. The van der Waals surface area contributed by atoms with Crippen LogP contribution in [0.15, 0.2) is 72.8 Å². The van der Waals surface area contributed by atoms with Gasteiger partial charge >= 0.3 is 5.97 Å². The van der Waals surface area contributed by atoms with Gasteiger partial charge < -0.3 is 10.1 Å². The highest BCUT2D eigenvalue weighted by Gasteiger charge is 2.28. The number of carbonyl (C=O) groups excluding carboxylic acids is 2. The Morgan fingerprint density at radius 2 is 1.33 bits per heavy atom. The lowest BCUT2D eigenvalue weighted by molar-refractivity contribution is -0.153. The van der Waals surface area contributed by atoms with E-state index in [2.05, 4.69) is 5.32 Å². The number of rotatable bonds is 6. The van der Waals surface area contributed by atoms with Crippen LogP contribution in [0, 0.1) is 17.5 Å². The predicted molar refractivity (Wildman–Crippen MR) is 105 cm³/mol. The quantitative estimate of drug-likeness (QED) is 0.466. The first-order valence-corrected chi connectivity index (χ1v) is 9.13. The van der Waals surface area contributed by atoms with E-state index in [4.69, 9.17) is 4.74 Å². The first-order valence-electron chi connectivity index (χ1n) is 9.13. The molecule has 1 unspecified atom stereocenters. The number of ether oxygens (including phenoxy) is 1. The monoisotopic (exact) mass is 413 g/mol. The Hall–Kier alpha value is -3.61. The van der Waals surface area contributed by atoms with Gasteiger partial charge in [0.25, 0.3) is 5.91 Å². The van der Waals surface area contributed by atoms with Crippen LogP contribution >= 0.6 is 0 Å². The normalized spacial score (nSPS) is 11.8. The summed E-state index contributed by atoms with van der Waals surface area (Å²) in [6.45, 7) is 1.30. The molecule has 1 N–H and O–H groups in total. The summed E-state index contributed by atoms with van der Waals surface area (Å²) in [5.74, 6) is -6.95. The van der Waals surface area contributed by atoms with Crippen molar-refractivity contribution in [1.82, 2.24) is 0 Å². The lowest BCUT2D eigenvalue weighted by atomic mass is 9.91. The summed E-state index contributed by atoms with van der Waals surface area (Å²) in [5.41, 5.74) is 0.797. The molecule has 0 saturated heterocycles. The molecule has 0 fully saturated rings. The number of esters is 1. The Morgan fingerprint density at radius 3 is 1.87 bits per heavy atom. The summed E-state index contributed by atoms with van der Waals surface area (Å²) in [7, 11) is 0. The van der Waals surface area contributed by atoms with Gasteiger partial charge in [0, 0.05) is 0 Å². The van der Waals surface area contributed by atoms with Gasteiger partial charge in [-0.2, -0.15) is 0 Å². The van der Waals surface area contributed by atoms with Crippen LogP contribution in [-0.4, -0.2) is 18.0 Å². The molecule has 3 rings (SSSR count). The first-order chi connectivity index (χ1) is 14.4.